The molecule has 0 aliphatic heterocycles. The van der Waals surface area contributed by atoms with Crippen molar-refractivity contribution in [2.24, 2.45) is 0 Å². The van der Waals surface area contributed by atoms with Crippen molar-refractivity contribution >= 4 is 6.29 Å². The fourth-order valence-corrected chi connectivity index (χ4v) is 1.60. The van der Waals surface area contributed by atoms with E-state index in [1.54, 1.807) is 19.4 Å². The highest BCUT2D eigenvalue weighted by Gasteiger charge is 2.11. The van der Waals surface area contributed by atoms with Crippen molar-refractivity contribution in [3.63, 3.8) is 0 Å². The zero-order valence-corrected chi connectivity index (χ0v) is 8.88. The van der Waals surface area contributed by atoms with Crippen LogP contribution in [0.5, 0.6) is 5.88 Å². The number of carbonyl (C=O) groups excluding carboxylic acids is 1. The quantitative estimate of drug-likeness (QED) is 0.735. The maximum absolute atomic E-state index is 11.0. The van der Waals surface area contributed by atoms with Crippen LogP contribution in [0.4, 0.5) is 0 Å². The van der Waals surface area contributed by atoms with Gasteiger partial charge in [0.1, 0.15) is 0 Å². The molecule has 0 N–H and O–H groups in total. The molecule has 0 fully saturated rings. The first-order valence-corrected chi connectivity index (χ1v) is 4.90. The third-order valence-corrected chi connectivity index (χ3v) is 2.33. The molecule has 0 bridgehead atoms. The van der Waals surface area contributed by atoms with E-state index in [1.807, 2.05) is 30.3 Å². The zero-order chi connectivity index (χ0) is 11.4. The Bertz CT molecular complexity index is 495. The van der Waals surface area contributed by atoms with E-state index in [0.717, 1.165) is 17.4 Å². The van der Waals surface area contributed by atoms with Gasteiger partial charge in [-0.15, -0.1) is 0 Å². The molecule has 1 heterocycles. The standard InChI is InChI=1S/C13H11NO2/c1-16-13-12(10-5-3-2-4-6-10)11(9-15)7-8-14-13/h2-9H,1H3. The van der Waals surface area contributed by atoms with Crippen LogP contribution in [0.1, 0.15) is 10.4 Å². The van der Waals surface area contributed by atoms with E-state index in [9.17, 15) is 4.79 Å². The van der Waals surface area contributed by atoms with Crippen molar-refractivity contribution in [1.82, 2.24) is 4.98 Å². The van der Waals surface area contributed by atoms with Gasteiger partial charge in [0.25, 0.3) is 0 Å². The summed E-state index contributed by atoms with van der Waals surface area (Å²) in [7, 11) is 1.54. The van der Waals surface area contributed by atoms with E-state index in [2.05, 4.69) is 4.98 Å². The molecule has 0 amide bonds. The third kappa shape index (κ3) is 1.80. The van der Waals surface area contributed by atoms with Crippen LogP contribution in [-0.4, -0.2) is 18.4 Å². The van der Waals surface area contributed by atoms with Crippen LogP contribution < -0.4 is 4.74 Å². The second-order valence-electron chi connectivity index (χ2n) is 3.27. The lowest BCUT2D eigenvalue weighted by atomic mass is 10.0. The minimum Gasteiger partial charge on any atom is -0.481 e. The molecule has 1 aromatic heterocycles. The van der Waals surface area contributed by atoms with Crippen molar-refractivity contribution in [3.8, 4) is 17.0 Å². The largest absolute Gasteiger partial charge is 0.481 e. The zero-order valence-electron chi connectivity index (χ0n) is 8.88. The van der Waals surface area contributed by atoms with Gasteiger partial charge in [0.2, 0.25) is 5.88 Å². The van der Waals surface area contributed by atoms with Crippen molar-refractivity contribution in [2.75, 3.05) is 7.11 Å². The van der Waals surface area contributed by atoms with Crippen molar-refractivity contribution in [2.45, 2.75) is 0 Å². The molecule has 0 radical (unpaired) electrons. The number of aromatic nitrogens is 1. The van der Waals surface area contributed by atoms with Gasteiger partial charge in [0, 0.05) is 11.8 Å². The molecule has 0 aliphatic rings. The Hall–Kier alpha value is -2.16. The van der Waals surface area contributed by atoms with E-state index >= 15 is 0 Å². The molecule has 2 rings (SSSR count). The molecular weight excluding hydrogens is 202 g/mol. The molecule has 0 unspecified atom stereocenters. The summed E-state index contributed by atoms with van der Waals surface area (Å²) in [6.45, 7) is 0. The molecule has 0 aliphatic carbocycles. The molecule has 3 heteroatoms. The van der Waals surface area contributed by atoms with Gasteiger partial charge >= 0.3 is 0 Å². The van der Waals surface area contributed by atoms with Gasteiger partial charge in [0.05, 0.1) is 12.7 Å². The Morgan fingerprint density at radius 3 is 2.56 bits per heavy atom. The average molecular weight is 213 g/mol. The Morgan fingerprint density at radius 1 is 1.19 bits per heavy atom. The van der Waals surface area contributed by atoms with Crippen LogP contribution in [-0.2, 0) is 0 Å². The van der Waals surface area contributed by atoms with Crippen molar-refractivity contribution in [1.29, 1.82) is 0 Å². The summed E-state index contributed by atoms with van der Waals surface area (Å²) < 4.78 is 5.17. The maximum atomic E-state index is 11.0. The molecule has 3 nitrogen and oxygen atoms in total. The van der Waals surface area contributed by atoms with Crippen LogP contribution in [0.25, 0.3) is 11.1 Å². The first-order valence-electron chi connectivity index (χ1n) is 4.90. The summed E-state index contributed by atoms with van der Waals surface area (Å²) in [6, 6.07) is 11.3. The summed E-state index contributed by atoms with van der Waals surface area (Å²) in [5.74, 6) is 0.468. The number of hydrogen-bond acceptors (Lipinski definition) is 3. The van der Waals surface area contributed by atoms with Gasteiger partial charge < -0.3 is 4.74 Å². The van der Waals surface area contributed by atoms with Gasteiger partial charge in [0.15, 0.2) is 6.29 Å². The van der Waals surface area contributed by atoms with E-state index in [4.69, 9.17) is 4.74 Å². The molecule has 80 valence electrons. The molecule has 0 saturated carbocycles. The first-order chi connectivity index (χ1) is 7.86. The summed E-state index contributed by atoms with van der Waals surface area (Å²) in [5, 5.41) is 0. The number of methoxy groups -OCH3 is 1. The number of rotatable bonds is 3. The molecule has 1 aromatic carbocycles. The Labute approximate surface area is 93.7 Å². The number of carbonyl (C=O) groups is 1. The Balaban J connectivity index is 2.66. The first kappa shape index (κ1) is 10.4. The summed E-state index contributed by atoms with van der Waals surface area (Å²) >= 11 is 0. The average Bonchev–Trinajstić information content (AvgIpc) is 2.38. The third-order valence-electron chi connectivity index (χ3n) is 2.33. The number of aldehydes is 1. The molecule has 0 saturated heterocycles. The van der Waals surface area contributed by atoms with Crippen molar-refractivity contribution < 1.29 is 9.53 Å². The molecule has 0 atom stereocenters. The minimum absolute atomic E-state index is 0.468. The Morgan fingerprint density at radius 2 is 1.94 bits per heavy atom. The monoisotopic (exact) mass is 213 g/mol. The smallest absolute Gasteiger partial charge is 0.221 e. The number of pyridine rings is 1. The van der Waals surface area contributed by atoms with E-state index in [1.165, 1.54) is 0 Å². The Kier molecular flexibility index (Phi) is 2.96. The van der Waals surface area contributed by atoms with Crippen LogP contribution in [0.15, 0.2) is 42.6 Å². The molecule has 16 heavy (non-hydrogen) atoms. The highest BCUT2D eigenvalue weighted by Crippen LogP contribution is 2.30. The predicted molar refractivity (Wildman–Crippen MR) is 61.6 cm³/mol. The number of ether oxygens (including phenoxy) is 1. The summed E-state index contributed by atoms with van der Waals surface area (Å²) in [5.41, 5.74) is 2.24. The van der Waals surface area contributed by atoms with Gasteiger partial charge in [-0.25, -0.2) is 4.98 Å². The van der Waals surface area contributed by atoms with Crippen LogP contribution in [0.2, 0.25) is 0 Å². The maximum Gasteiger partial charge on any atom is 0.221 e. The van der Waals surface area contributed by atoms with Gasteiger partial charge in [-0.1, -0.05) is 30.3 Å². The lowest BCUT2D eigenvalue weighted by Gasteiger charge is -2.09. The van der Waals surface area contributed by atoms with E-state index in [-0.39, 0.29) is 0 Å². The topological polar surface area (TPSA) is 39.2 Å². The second kappa shape index (κ2) is 4.57. The lowest BCUT2D eigenvalue weighted by molar-refractivity contribution is 0.112. The van der Waals surface area contributed by atoms with Crippen LogP contribution in [0, 0.1) is 0 Å². The SMILES string of the molecule is COc1nccc(C=O)c1-c1ccccc1. The normalized spacial score (nSPS) is 9.81. The lowest BCUT2D eigenvalue weighted by Crippen LogP contribution is -1.95. The predicted octanol–water partition coefficient (Wildman–Crippen LogP) is 2.57. The van der Waals surface area contributed by atoms with Gasteiger partial charge in [-0.05, 0) is 11.6 Å². The van der Waals surface area contributed by atoms with E-state index in [0.29, 0.717) is 11.4 Å². The van der Waals surface area contributed by atoms with Gasteiger partial charge in [-0.2, -0.15) is 0 Å². The van der Waals surface area contributed by atoms with Crippen molar-refractivity contribution in [3.05, 3.63) is 48.2 Å². The van der Waals surface area contributed by atoms with E-state index < -0.39 is 0 Å². The number of benzene rings is 1. The highest BCUT2D eigenvalue weighted by molar-refractivity contribution is 5.89. The molecule has 2 aromatic rings. The fraction of sp³-hybridized carbons (Fsp3) is 0.0769. The number of nitrogens with zero attached hydrogens (tertiary/aromatic N) is 1. The fourth-order valence-electron chi connectivity index (χ4n) is 1.60. The minimum atomic E-state index is 0.468. The van der Waals surface area contributed by atoms with Crippen LogP contribution in [0.3, 0.4) is 0 Å². The summed E-state index contributed by atoms with van der Waals surface area (Å²) in [4.78, 5) is 15.1. The second-order valence-corrected chi connectivity index (χ2v) is 3.27. The summed E-state index contributed by atoms with van der Waals surface area (Å²) in [6.07, 6.45) is 2.38. The molecular formula is C13H11NO2. The highest BCUT2D eigenvalue weighted by atomic mass is 16.5. The van der Waals surface area contributed by atoms with Gasteiger partial charge in [-0.3, -0.25) is 4.79 Å². The molecule has 0 spiro atoms. The number of hydrogen-bond donors (Lipinski definition) is 0. The van der Waals surface area contributed by atoms with Crippen LogP contribution >= 0.6 is 0 Å².